The van der Waals surface area contributed by atoms with Crippen LogP contribution in [0.25, 0.3) is 0 Å². The van der Waals surface area contributed by atoms with Crippen molar-refractivity contribution in [1.29, 1.82) is 0 Å². The molecule has 0 saturated heterocycles. The first-order valence-corrected chi connectivity index (χ1v) is 9.49. The molecule has 130 valence electrons. The van der Waals surface area contributed by atoms with E-state index in [2.05, 4.69) is 32.0 Å². The van der Waals surface area contributed by atoms with E-state index < -0.39 is 0 Å². The molecule has 2 heteroatoms. The van der Waals surface area contributed by atoms with Gasteiger partial charge in [-0.2, -0.15) is 0 Å². The molecule has 2 aromatic rings. The van der Waals surface area contributed by atoms with Crippen LogP contribution in [-0.4, -0.2) is 5.78 Å². The summed E-state index contributed by atoms with van der Waals surface area (Å²) >= 11 is 0. The van der Waals surface area contributed by atoms with Gasteiger partial charge in [-0.25, -0.2) is 0 Å². The first-order valence-electron chi connectivity index (χ1n) is 9.49. The van der Waals surface area contributed by atoms with Crippen molar-refractivity contribution in [1.82, 2.24) is 0 Å². The van der Waals surface area contributed by atoms with Gasteiger partial charge in [-0.15, -0.1) is 0 Å². The van der Waals surface area contributed by atoms with E-state index >= 15 is 0 Å². The van der Waals surface area contributed by atoms with Gasteiger partial charge in [0.2, 0.25) is 0 Å². The molecule has 0 heterocycles. The number of carbonyl (C=O) groups is 1. The quantitative estimate of drug-likeness (QED) is 0.614. The molecular formula is C23H26O2. The number of carbonyl (C=O) groups excluding carboxylic acids is 1. The fourth-order valence-corrected chi connectivity index (χ4v) is 3.74. The van der Waals surface area contributed by atoms with Gasteiger partial charge < -0.3 is 4.74 Å². The fourth-order valence-electron chi connectivity index (χ4n) is 3.74. The Balaban J connectivity index is 1.65. The minimum atomic E-state index is 0.186. The van der Waals surface area contributed by atoms with Gasteiger partial charge in [-0.1, -0.05) is 56.3 Å². The van der Waals surface area contributed by atoms with E-state index in [4.69, 9.17) is 4.74 Å². The van der Waals surface area contributed by atoms with Crippen LogP contribution < -0.4 is 4.74 Å². The van der Waals surface area contributed by atoms with Crippen molar-refractivity contribution in [3.05, 3.63) is 65.2 Å². The molecule has 0 bridgehead atoms. The van der Waals surface area contributed by atoms with Crippen molar-refractivity contribution >= 4 is 5.78 Å². The highest BCUT2D eigenvalue weighted by Crippen LogP contribution is 2.47. The Morgan fingerprint density at radius 3 is 2.48 bits per heavy atom. The van der Waals surface area contributed by atoms with E-state index in [-0.39, 0.29) is 11.7 Å². The number of benzene rings is 2. The molecule has 4 rings (SSSR count). The third-order valence-corrected chi connectivity index (χ3v) is 5.80. The number of ether oxygens (including phenoxy) is 1. The third-order valence-electron chi connectivity index (χ3n) is 5.80. The Hall–Kier alpha value is -2.09. The second kappa shape index (κ2) is 6.67. The molecule has 0 spiro atoms. The van der Waals surface area contributed by atoms with Gasteiger partial charge in [0.25, 0.3) is 0 Å². The topological polar surface area (TPSA) is 26.3 Å². The minimum absolute atomic E-state index is 0.186. The van der Waals surface area contributed by atoms with E-state index in [0.717, 1.165) is 29.2 Å². The normalized spacial score (nSPS) is 23.1. The summed E-state index contributed by atoms with van der Waals surface area (Å²) in [7, 11) is 0. The second-order valence-electron chi connectivity index (χ2n) is 7.81. The molecule has 2 saturated carbocycles. The Bertz CT molecular complexity index is 761. The summed E-state index contributed by atoms with van der Waals surface area (Å²) in [4.78, 5) is 12.9. The molecule has 2 unspecified atom stereocenters. The molecule has 0 aromatic heterocycles. The lowest BCUT2D eigenvalue weighted by Gasteiger charge is -2.20. The van der Waals surface area contributed by atoms with Crippen molar-refractivity contribution in [2.45, 2.75) is 45.6 Å². The monoisotopic (exact) mass is 334 g/mol. The largest absolute Gasteiger partial charge is 0.488 e. The van der Waals surface area contributed by atoms with E-state index in [1.807, 2.05) is 30.3 Å². The van der Waals surface area contributed by atoms with Gasteiger partial charge in [0.1, 0.15) is 12.4 Å². The molecule has 0 N–H and O–H groups in total. The van der Waals surface area contributed by atoms with Crippen LogP contribution in [0.2, 0.25) is 0 Å². The lowest BCUT2D eigenvalue weighted by atomic mass is 9.91. The highest BCUT2D eigenvalue weighted by Gasteiger charge is 2.41. The lowest BCUT2D eigenvalue weighted by molar-refractivity contribution is 0.0957. The number of para-hydroxylation sites is 1. The molecular weight excluding hydrogens is 308 g/mol. The molecule has 2 aliphatic carbocycles. The second-order valence-corrected chi connectivity index (χ2v) is 7.81. The molecule has 0 aliphatic heterocycles. The number of ketones is 1. The van der Waals surface area contributed by atoms with Crippen LogP contribution in [0.1, 0.15) is 60.5 Å². The average Bonchev–Trinajstić information content (AvgIpc) is 3.55. The summed E-state index contributed by atoms with van der Waals surface area (Å²) in [6, 6.07) is 16.3. The molecule has 2 fully saturated rings. The van der Waals surface area contributed by atoms with Gasteiger partial charge in [-0.05, 0) is 54.2 Å². The predicted octanol–water partition coefficient (Wildman–Crippen LogP) is 5.62. The summed E-state index contributed by atoms with van der Waals surface area (Å²) in [5.74, 6) is 2.99. The average molecular weight is 334 g/mol. The van der Waals surface area contributed by atoms with Crippen LogP contribution in [0.3, 0.4) is 0 Å². The van der Waals surface area contributed by atoms with Crippen molar-refractivity contribution in [2.75, 3.05) is 0 Å². The van der Waals surface area contributed by atoms with E-state index in [0.29, 0.717) is 18.4 Å². The third kappa shape index (κ3) is 3.49. The van der Waals surface area contributed by atoms with Gasteiger partial charge in [0.15, 0.2) is 5.78 Å². The van der Waals surface area contributed by atoms with Gasteiger partial charge in [-0.3, -0.25) is 4.79 Å². The summed E-state index contributed by atoms with van der Waals surface area (Å²) in [6.07, 6.45) is 3.59. The summed E-state index contributed by atoms with van der Waals surface area (Å²) in [6.45, 7) is 4.94. The summed E-state index contributed by atoms with van der Waals surface area (Å²) < 4.78 is 6.27. The highest BCUT2D eigenvalue weighted by atomic mass is 16.5. The van der Waals surface area contributed by atoms with Crippen LogP contribution in [-0.2, 0) is 6.61 Å². The van der Waals surface area contributed by atoms with Gasteiger partial charge in [0.05, 0.1) is 5.56 Å². The number of hydrogen-bond donors (Lipinski definition) is 0. The number of hydrogen-bond acceptors (Lipinski definition) is 2. The maximum atomic E-state index is 12.9. The maximum absolute atomic E-state index is 12.9. The lowest BCUT2D eigenvalue weighted by Crippen LogP contribution is -2.11. The van der Waals surface area contributed by atoms with Crippen LogP contribution in [0.15, 0.2) is 48.5 Å². The van der Waals surface area contributed by atoms with Crippen LogP contribution in [0.5, 0.6) is 5.75 Å². The smallest absolute Gasteiger partial charge is 0.169 e. The Morgan fingerprint density at radius 1 is 1.12 bits per heavy atom. The Morgan fingerprint density at radius 2 is 1.84 bits per heavy atom. The maximum Gasteiger partial charge on any atom is 0.169 e. The Kier molecular flexibility index (Phi) is 4.37. The van der Waals surface area contributed by atoms with Gasteiger partial charge >= 0.3 is 0 Å². The van der Waals surface area contributed by atoms with Crippen molar-refractivity contribution in [2.24, 2.45) is 17.8 Å². The zero-order valence-electron chi connectivity index (χ0n) is 15.1. The van der Waals surface area contributed by atoms with E-state index in [9.17, 15) is 4.79 Å². The summed E-state index contributed by atoms with van der Waals surface area (Å²) in [5.41, 5.74) is 3.13. The molecule has 2 aliphatic rings. The van der Waals surface area contributed by atoms with Crippen molar-refractivity contribution in [3.8, 4) is 5.75 Å². The molecule has 3 atom stereocenters. The van der Waals surface area contributed by atoms with Crippen LogP contribution >= 0.6 is 0 Å². The van der Waals surface area contributed by atoms with Crippen LogP contribution in [0.4, 0.5) is 0 Å². The fraction of sp³-hybridized carbons (Fsp3) is 0.435. The Labute approximate surface area is 150 Å². The molecule has 2 aromatic carbocycles. The number of Topliss-reactive ketones (excluding diaryl/α,β-unsaturated/α-hetero) is 1. The van der Waals surface area contributed by atoms with Crippen LogP contribution in [0, 0.1) is 17.8 Å². The molecule has 0 radical (unpaired) electrons. The predicted molar refractivity (Wildman–Crippen MR) is 100.0 cm³/mol. The van der Waals surface area contributed by atoms with Crippen molar-refractivity contribution < 1.29 is 9.53 Å². The molecule has 25 heavy (non-hydrogen) atoms. The minimum Gasteiger partial charge on any atom is -0.488 e. The zero-order chi connectivity index (χ0) is 17.4. The number of rotatable bonds is 7. The van der Waals surface area contributed by atoms with Gasteiger partial charge in [0, 0.05) is 5.92 Å². The molecule has 0 amide bonds. The zero-order valence-corrected chi connectivity index (χ0v) is 15.1. The first-order chi connectivity index (χ1) is 12.1. The molecule has 2 nitrogen and oxygen atoms in total. The standard InChI is InChI=1S/C23H26O2/c1-15-13-21(15)22(24)20-10-6-9-19(16(2)18-11-12-18)23(20)25-14-17-7-4-3-5-8-17/h3-10,15-16,18,21H,11-14H2,1-2H3/t15-,16?,21?/m1/s1. The van der Waals surface area contributed by atoms with E-state index in [1.165, 1.54) is 18.4 Å². The highest BCUT2D eigenvalue weighted by molar-refractivity contribution is 6.02. The summed E-state index contributed by atoms with van der Waals surface area (Å²) in [5, 5.41) is 0. The van der Waals surface area contributed by atoms with Crippen molar-refractivity contribution in [3.63, 3.8) is 0 Å². The SMILES string of the molecule is CC(c1cccc(C(=O)C2C[C@H]2C)c1OCc1ccccc1)C1CC1. The van der Waals surface area contributed by atoms with E-state index in [1.54, 1.807) is 0 Å². The first kappa shape index (κ1) is 16.4.